The predicted octanol–water partition coefficient (Wildman–Crippen LogP) is 6.28. The zero-order valence-corrected chi connectivity index (χ0v) is 15.1. The number of aldehydes is 1. The van der Waals surface area contributed by atoms with Gasteiger partial charge in [-0.1, -0.05) is 54.8 Å². The number of rotatable bonds is 5. The summed E-state index contributed by atoms with van der Waals surface area (Å²) in [4.78, 5) is 10.4. The third-order valence-corrected chi connectivity index (χ3v) is 4.67. The molecular formula is C20H27ClO. The van der Waals surface area contributed by atoms with Crippen molar-refractivity contribution in [3.63, 3.8) is 0 Å². The highest BCUT2D eigenvalue weighted by Gasteiger charge is 2.26. The standard InChI is InChI=1S/C20H27ClO/c1-15(9-11-19(21)17(3)12-14-22)8-10-18-16(2)7-6-13-20(18,4)5/h8-12,14H,6-7,13H2,1-5H3/b10-8+,15-9+,17-12+,19-11+. The Kier molecular flexibility index (Phi) is 7.09. The van der Waals surface area contributed by atoms with Crippen LogP contribution in [0.15, 0.2) is 57.7 Å². The fourth-order valence-electron chi connectivity index (χ4n) is 2.80. The van der Waals surface area contributed by atoms with Gasteiger partial charge >= 0.3 is 0 Å². The molecule has 0 aliphatic heterocycles. The van der Waals surface area contributed by atoms with Gasteiger partial charge in [0, 0.05) is 5.03 Å². The lowest BCUT2D eigenvalue weighted by Crippen LogP contribution is -2.19. The average Bonchev–Trinajstić information content (AvgIpc) is 2.43. The number of carbonyl (C=O) groups is 1. The first-order valence-corrected chi connectivity index (χ1v) is 8.20. The lowest BCUT2D eigenvalue weighted by atomic mass is 9.72. The minimum Gasteiger partial charge on any atom is -0.299 e. The van der Waals surface area contributed by atoms with Crippen LogP contribution in [0, 0.1) is 5.41 Å². The number of carbonyl (C=O) groups excluding carboxylic acids is 1. The summed E-state index contributed by atoms with van der Waals surface area (Å²) in [6, 6.07) is 0. The molecule has 2 heteroatoms. The van der Waals surface area contributed by atoms with E-state index in [1.807, 2.05) is 19.1 Å². The molecule has 0 aromatic carbocycles. The largest absolute Gasteiger partial charge is 0.299 e. The summed E-state index contributed by atoms with van der Waals surface area (Å²) in [5.41, 5.74) is 5.13. The van der Waals surface area contributed by atoms with Crippen molar-refractivity contribution in [2.45, 2.75) is 53.9 Å². The van der Waals surface area contributed by atoms with Gasteiger partial charge in [0.15, 0.2) is 0 Å². The lowest BCUT2D eigenvalue weighted by Gasteiger charge is -2.32. The zero-order valence-electron chi connectivity index (χ0n) is 14.4. The summed E-state index contributed by atoms with van der Waals surface area (Å²) in [6.45, 7) is 10.8. The summed E-state index contributed by atoms with van der Waals surface area (Å²) in [5.74, 6) is 0. The monoisotopic (exact) mass is 318 g/mol. The van der Waals surface area contributed by atoms with Crippen molar-refractivity contribution in [2.24, 2.45) is 5.41 Å². The second-order valence-electron chi connectivity index (χ2n) is 6.68. The molecule has 1 rings (SSSR count). The fourth-order valence-corrected chi connectivity index (χ4v) is 2.92. The van der Waals surface area contributed by atoms with E-state index in [1.165, 1.54) is 36.5 Å². The van der Waals surface area contributed by atoms with E-state index in [9.17, 15) is 4.79 Å². The normalized spacial score (nSPS) is 20.7. The molecule has 0 aromatic rings. The van der Waals surface area contributed by atoms with Crippen molar-refractivity contribution in [2.75, 3.05) is 0 Å². The fraction of sp³-hybridized carbons (Fsp3) is 0.450. The number of hydrogen-bond donors (Lipinski definition) is 0. The topological polar surface area (TPSA) is 17.1 Å². The van der Waals surface area contributed by atoms with Gasteiger partial charge in [-0.3, -0.25) is 4.79 Å². The van der Waals surface area contributed by atoms with E-state index in [-0.39, 0.29) is 5.41 Å². The number of hydrogen-bond acceptors (Lipinski definition) is 1. The van der Waals surface area contributed by atoms with Crippen LogP contribution >= 0.6 is 11.6 Å². The highest BCUT2D eigenvalue weighted by molar-refractivity contribution is 6.32. The molecule has 0 saturated carbocycles. The highest BCUT2D eigenvalue weighted by Crippen LogP contribution is 2.40. The molecule has 22 heavy (non-hydrogen) atoms. The second kappa shape index (κ2) is 8.33. The van der Waals surface area contributed by atoms with Gasteiger partial charge in [-0.25, -0.2) is 0 Å². The average molecular weight is 319 g/mol. The molecule has 0 unspecified atom stereocenters. The minimum absolute atomic E-state index is 0.260. The van der Waals surface area contributed by atoms with Crippen LogP contribution < -0.4 is 0 Å². The number of allylic oxidation sites excluding steroid dienone is 10. The van der Waals surface area contributed by atoms with Crippen LogP contribution in [0.2, 0.25) is 0 Å². The molecule has 0 amide bonds. The van der Waals surface area contributed by atoms with Gasteiger partial charge in [-0.2, -0.15) is 0 Å². The smallest absolute Gasteiger partial charge is 0.143 e. The van der Waals surface area contributed by atoms with E-state index in [2.05, 4.69) is 39.8 Å². The summed E-state index contributed by atoms with van der Waals surface area (Å²) < 4.78 is 0. The van der Waals surface area contributed by atoms with Gasteiger partial charge in [0.05, 0.1) is 0 Å². The Labute approximate surface area is 140 Å². The predicted molar refractivity (Wildman–Crippen MR) is 97.0 cm³/mol. The maximum absolute atomic E-state index is 10.4. The molecule has 1 aliphatic rings. The van der Waals surface area contributed by atoms with Gasteiger partial charge < -0.3 is 0 Å². The quantitative estimate of drug-likeness (QED) is 0.331. The summed E-state index contributed by atoms with van der Waals surface area (Å²) in [7, 11) is 0. The molecule has 0 aromatic heterocycles. The van der Waals surface area contributed by atoms with Gasteiger partial charge in [0.25, 0.3) is 0 Å². The Morgan fingerprint density at radius 3 is 2.45 bits per heavy atom. The van der Waals surface area contributed by atoms with Crippen LogP contribution in [0.1, 0.15) is 53.9 Å². The van der Waals surface area contributed by atoms with E-state index in [0.29, 0.717) is 5.03 Å². The second-order valence-corrected chi connectivity index (χ2v) is 7.08. The van der Waals surface area contributed by atoms with E-state index in [1.54, 1.807) is 0 Å². The molecule has 1 aliphatic carbocycles. The van der Waals surface area contributed by atoms with Crippen LogP contribution in [-0.4, -0.2) is 6.29 Å². The molecule has 0 bridgehead atoms. The van der Waals surface area contributed by atoms with E-state index < -0.39 is 0 Å². The van der Waals surface area contributed by atoms with Crippen molar-refractivity contribution >= 4 is 17.9 Å². The Balaban J connectivity index is 2.90. The molecule has 0 N–H and O–H groups in total. The van der Waals surface area contributed by atoms with Crippen molar-refractivity contribution < 1.29 is 4.79 Å². The van der Waals surface area contributed by atoms with Crippen LogP contribution in [0.5, 0.6) is 0 Å². The Bertz CT molecular complexity index is 569. The molecular weight excluding hydrogens is 292 g/mol. The first-order valence-electron chi connectivity index (χ1n) is 7.83. The van der Waals surface area contributed by atoms with Crippen molar-refractivity contribution in [3.8, 4) is 0 Å². The Hall–Kier alpha value is -1.34. The Morgan fingerprint density at radius 2 is 1.86 bits per heavy atom. The molecule has 120 valence electrons. The van der Waals surface area contributed by atoms with Crippen LogP contribution in [0.25, 0.3) is 0 Å². The molecule has 0 saturated heterocycles. The zero-order chi connectivity index (χ0) is 16.8. The first-order chi connectivity index (χ1) is 10.3. The SMILES string of the molecule is CC1=C(/C=C/C(C)=C/C=C(Cl)\C(C)=C\C=O)C(C)(C)CCC1. The van der Waals surface area contributed by atoms with Gasteiger partial charge in [-0.15, -0.1) is 0 Å². The lowest BCUT2D eigenvalue weighted by molar-refractivity contribution is -0.104. The third kappa shape index (κ3) is 5.46. The summed E-state index contributed by atoms with van der Waals surface area (Å²) >= 11 is 6.13. The maximum Gasteiger partial charge on any atom is 0.143 e. The van der Waals surface area contributed by atoms with Crippen LogP contribution in [-0.2, 0) is 4.79 Å². The summed E-state index contributed by atoms with van der Waals surface area (Å²) in [6.07, 6.45) is 14.2. The van der Waals surface area contributed by atoms with Gasteiger partial charge in [0.2, 0.25) is 0 Å². The van der Waals surface area contributed by atoms with E-state index in [0.717, 1.165) is 17.4 Å². The molecule has 0 heterocycles. The molecule has 0 fully saturated rings. The first kappa shape index (κ1) is 18.7. The van der Waals surface area contributed by atoms with Crippen molar-refractivity contribution in [1.29, 1.82) is 0 Å². The molecule has 0 radical (unpaired) electrons. The molecule has 0 spiro atoms. The summed E-state index contributed by atoms with van der Waals surface area (Å²) in [5, 5.41) is 0.591. The van der Waals surface area contributed by atoms with Crippen LogP contribution in [0.3, 0.4) is 0 Å². The third-order valence-electron chi connectivity index (χ3n) is 4.24. The molecule has 0 atom stereocenters. The minimum atomic E-state index is 0.260. The molecule has 1 nitrogen and oxygen atoms in total. The highest BCUT2D eigenvalue weighted by atomic mass is 35.5. The van der Waals surface area contributed by atoms with Crippen molar-refractivity contribution in [1.82, 2.24) is 0 Å². The van der Waals surface area contributed by atoms with Crippen LogP contribution in [0.4, 0.5) is 0 Å². The maximum atomic E-state index is 10.4. The van der Waals surface area contributed by atoms with E-state index in [4.69, 9.17) is 11.6 Å². The van der Waals surface area contributed by atoms with Crippen molar-refractivity contribution in [3.05, 3.63) is 57.7 Å². The van der Waals surface area contributed by atoms with Gasteiger partial charge in [0.1, 0.15) is 6.29 Å². The van der Waals surface area contributed by atoms with Gasteiger partial charge in [-0.05, 0) is 68.7 Å². The number of halogens is 1. The Morgan fingerprint density at radius 1 is 1.18 bits per heavy atom. The van der Waals surface area contributed by atoms with E-state index >= 15 is 0 Å².